The van der Waals surface area contributed by atoms with Crippen molar-refractivity contribution in [2.24, 2.45) is 17.8 Å². The van der Waals surface area contributed by atoms with Gasteiger partial charge in [-0.2, -0.15) is 0 Å². The molecule has 1 aromatic carbocycles. The molecule has 3 heterocycles. The number of benzene rings is 1. The number of hydrogen-bond donors (Lipinski definition) is 1. The summed E-state index contributed by atoms with van der Waals surface area (Å²) in [7, 11) is 0. The summed E-state index contributed by atoms with van der Waals surface area (Å²) in [6.45, 7) is 14.7. The van der Waals surface area contributed by atoms with Gasteiger partial charge in [-0.05, 0) is 37.3 Å². The number of thioether (sulfide) groups is 1. The van der Waals surface area contributed by atoms with Gasteiger partial charge in [0.15, 0.2) is 0 Å². The Labute approximate surface area is 241 Å². The fraction of sp³-hybridized carbons (Fsp3) is 0.567. The third-order valence-electron chi connectivity index (χ3n) is 8.65. The molecule has 7 nitrogen and oxygen atoms in total. The molecule has 3 unspecified atom stereocenters. The third-order valence-corrected chi connectivity index (χ3v) is 11.0. The van der Waals surface area contributed by atoms with Gasteiger partial charge in [-0.3, -0.25) is 14.4 Å². The first kappa shape index (κ1) is 29.7. The molecule has 0 aromatic heterocycles. The van der Waals surface area contributed by atoms with E-state index in [1.807, 2.05) is 19.9 Å². The fourth-order valence-corrected chi connectivity index (χ4v) is 9.64. The quantitative estimate of drug-likeness (QED) is 0.375. The van der Waals surface area contributed by atoms with Gasteiger partial charge in [-0.25, -0.2) is 0 Å². The van der Waals surface area contributed by atoms with Crippen LogP contribution in [0.2, 0.25) is 5.02 Å². The fourth-order valence-electron chi connectivity index (χ4n) is 7.01. The summed E-state index contributed by atoms with van der Waals surface area (Å²) in [4.78, 5) is 48.1. The molecule has 4 rings (SSSR count). The summed E-state index contributed by atoms with van der Waals surface area (Å²) < 4.78 is -0.783. The Balaban J connectivity index is 1.85. The van der Waals surface area contributed by atoms with Crippen LogP contribution in [-0.2, 0) is 14.4 Å². The second kappa shape index (κ2) is 12.1. The minimum Gasteiger partial charge on any atom is -0.394 e. The van der Waals surface area contributed by atoms with Crippen LogP contribution < -0.4 is 4.90 Å². The minimum absolute atomic E-state index is 0.0245. The molecule has 9 heteroatoms. The number of fused-ring (bicyclic) bond motifs is 1. The lowest BCUT2D eigenvalue weighted by atomic mass is 9.65. The molecule has 1 spiro atoms. The Morgan fingerprint density at radius 1 is 1.23 bits per heavy atom. The molecular formula is C30H40ClN3O4S. The molecule has 212 valence electrons. The summed E-state index contributed by atoms with van der Waals surface area (Å²) >= 11 is 8.19. The lowest BCUT2D eigenvalue weighted by molar-refractivity contribution is -0.145. The van der Waals surface area contributed by atoms with Crippen LogP contribution in [-0.4, -0.2) is 80.9 Å². The van der Waals surface area contributed by atoms with E-state index in [1.54, 1.807) is 56.8 Å². The van der Waals surface area contributed by atoms with Gasteiger partial charge in [0.1, 0.15) is 6.04 Å². The lowest BCUT2D eigenvalue weighted by Crippen LogP contribution is -2.59. The van der Waals surface area contributed by atoms with Crippen LogP contribution >= 0.6 is 23.4 Å². The van der Waals surface area contributed by atoms with Gasteiger partial charge in [0.25, 0.3) is 5.91 Å². The molecular weight excluding hydrogens is 534 g/mol. The molecule has 3 aliphatic rings. The van der Waals surface area contributed by atoms with E-state index >= 15 is 0 Å². The number of carbonyl (C=O) groups is 3. The molecule has 3 saturated heterocycles. The van der Waals surface area contributed by atoms with Crippen molar-refractivity contribution in [1.29, 1.82) is 0 Å². The first-order valence-electron chi connectivity index (χ1n) is 13.9. The van der Waals surface area contributed by atoms with E-state index in [1.165, 1.54) is 0 Å². The average molecular weight is 574 g/mol. The minimum atomic E-state index is -0.842. The Morgan fingerprint density at radius 2 is 1.92 bits per heavy atom. The number of rotatable bonds is 12. The number of likely N-dealkylation sites (tertiary alicyclic amines) is 1. The molecule has 1 aromatic rings. The van der Waals surface area contributed by atoms with Gasteiger partial charge in [0.2, 0.25) is 11.8 Å². The van der Waals surface area contributed by atoms with Crippen molar-refractivity contribution >= 4 is 46.8 Å². The predicted molar refractivity (Wildman–Crippen MR) is 158 cm³/mol. The van der Waals surface area contributed by atoms with Gasteiger partial charge >= 0.3 is 0 Å². The highest BCUT2D eigenvalue weighted by atomic mass is 35.5. The second-order valence-electron chi connectivity index (χ2n) is 10.8. The number of para-hydroxylation sites is 1. The van der Waals surface area contributed by atoms with Crippen LogP contribution in [0.25, 0.3) is 0 Å². The van der Waals surface area contributed by atoms with Crippen molar-refractivity contribution in [2.75, 3.05) is 31.1 Å². The maximum Gasteiger partial charge on any atom is 0.251 e. The smallest absolute Gasteiger partial charge is 0.251 e. The summed E-state index contributed by atoms with van der Waals surface area (Å²) in [5.74, 6) is -1.64. The van der Waals surface area contributed by atoms with E-state index in [0.29, 0.717) is 30.2 Å². The van der Waals surface area contributed by atoms with Crippen LogP contribution in [0, 0.1) is 17.8 Å². The Kier molecular flexibility index (Phi) is 9.19. The number of amides is 3. The molecule has 0 aliphatic carbocycles. The van der Waals surface area contributed by atoms with Gasteiger partial charge in [0.05, 0.1) is 39.9 Å². The number of halogens is 1. The SMILES string of the molecule is C=CCN(CCC)C(=O)[C@@H]1[C@@H]2CC(C)C3(S2)C(C(=O)N(CC=C)c2ccccc2Cl)N([C@@H](CC)CO)C(=O)[C@H]13. The topological polar surface area (TPSA) is 81.2 Å². The predicted octanol–water partition coefficient (Wildman–Crippen LogP) is 4.39. The molecule has 1 N–H and O–H groups in total. The highest BCUT2D eigenvalue weighted by Crippen LogP contribution is 2.69. The van der Waals surface area contributed by atoms with Crippen molar-refractivity contribution in [2.45, 2.75) is 62.1 Å². The second-order valence-corrected chi connectivity index (χ2v) is 12.8. The van der Waals surface area contributed by atoms with Crippen molar-refractivity contribution in [1.82, 2.24) is 9.80 Å². The number of aliphatic hydroxyl groups is 1. The standard InChI is InChI=1S/C30H40ClN3O4S/c1-6-14-32(15-7-2)27(36)24-23-17-19(5)30(39-23)25(24)28(37)34(20(9-4)18-35)26(30)29(38)33(16-8-3)22-13-11-10-12-21(22)31/h6,8,10-13,19-20,23-26,35H,1,3,7,9,14-18H2,2,4-5H3/t19?,20-,23-,24+,25-,26?,30?/m0/s1. The maximum atomic E-state index is 14.7. The number of aliphatic hydroxyl groups excluding tert-OH is 1. The number of anilines is 1. The highest BCUT2D eigenvalue weighted by Gasteiger charge is 2.77. The van der Waals surface area contributed by atoms with Crippen LogP contribution in [0.1, 0.15) is 40.0 Å². The van der Waals surface area contributed by atoms with Gasteiger partial charge < -0.3 is 19.8 Å². The lowest BCUT2D eigenvalue weighted by Gasteiger charge is -2.42. The monoisotopic (exact) mass is 573 g/mol. The first-order chi connectivity index (χ1) is 18.7. The molecule has 3 aliphatic heterocycles. The Hall–Kier alpha value is -2.29. The van der Waals surface area contributed by atoms with Crippen molar-refractivity contribution in [3.05, 3.63) is 54.6 Å². The summed E-state index contributed by atoms with van der Waals surface area (Å²) in [6.07, 6.45) is 5.40. The van der Waals surface area contributed by atoms with E-state index in [2.05, 4.69) is 20.1 Å². The molecule has 0 radical (unpaired) electrons. The molecule has 3 fully saturated rings. The van der Waals surface area contributed by atoms with Gasteiger partial charge in [-0.1, -0.05) is 56.7 Å². The van der Waals surface area contributed by atoms with E-state index in [-0.39, 0.29) is 42.0 Å². The van der Waals surface area contributed by atoms with Gasteiger partial charge in [0, 0.05) is 24.9 Å². The summed E-state index contributed by atoms with van der Waals surface area (Å²) in [5, 5.41) is 10.7. The maximum absolute atomic E-state index is 14.7. The molecule has 0 saturated carbocycles. The zero-order valence-electron chi connectivity index (χ0n) is 23.1. The Bertz CT molecular complexity index is 1130. The molecule has 2 bridgehead atoms. The number of nitrogens with zero attached hydrogens (tertiary/aromatic N) is 3. The number of hydrogen-bond acceptors (Lipinski definition) is 5. The largest absolute Gasteiger partial charge is 0.394 e. The van der Waals surface area contributed by atoms with Crippen molar-refractivity contribution in [3.63, 3.8) is 0 Å². The normalized spacial score (nSPS) is 29.7. The zero-order valence-corrected chi connectivity index (χ0v) is 24.7. The van der Waals surface area contributed by atoms with Gasteiger partial charge in [-0.15, -0.1) is 24.9 Å². The summed E-state index contributed by atoms with van der Waals surface area (Å²) in [6, 6.07) is 5.77. The van der Waals surface area contributed by atoms with Crippen LogP contribution in [0.4, 0.5) is 5.69 Å². The summed E-state index contributed by atoms with van der Waals surface area (Å²) in [5.41, 5.74) is 0.547. The van der Waals surface area contributed by atoms with E-state index < -0.39 is 28.7 Å². The molecule has 3 amide bonds. The average Bonchev–Trinajstić information content (AvgIpc) is 3.52. The van der Waals surface area contributed by atoms with E-state index in [9.17, 15) is 19.5 Å². The molecule has 7 atom stereocenters. The number of carbonyl (C=O) groups excluding carboxylic acids is 3. The first-order valence-corrected chi connectivity index (χ1v) is 15.2. The zero-order chi connectivity index (χ0) is 28.5. The van der Waals surface area contributed by atoms with Crippen molar-refractivity contribution in [3.8, 4) is 0 Å². The van der Waals surface area contributed by atoms with E-state index in [4.69, 9.17) is 11.6 Å². The van der Waals surface area contributed by atoms with Crippen LogP contribution in [0.5, 0.6) is 0 Å². The van der Waals surface area contributed by atoms with Crippen molar-refractivity contribution < 1.29 is 19.5 Å². The molecule has 39 heavy (non-hydrogen) atoms. The van der Waals surface area contributed by atoms with Crippen LogP contribution in [0.15, 0.2) is 49.6 Å². The van der Waals surface area contributed by atoms with E-state index in [0.717, 1.165) is 12.8 Å². The third kappa shape index (κ3) is 4.72. The highest BCUT2D eigenvalue weighted by molar-refractivity contribution is 8.02. The van der Waals surface area contributed by atoms with Crippen LogP contribution in [0.3, 0.4) is 0 Å². The Morgan fingerprint density at radius 3 is 2.51 bits per heavy atom.